The predicted octanol–water partition coefficient (Wildman–Crippen LogP) is 15.8. The van der Waals surface area contributed by atoms with E-state index < -0.39 is 6.10 Å². The van der Waals surface area contributed by atoms with E-state index in [-0.39, 0.29) is 31.1 Å². The van der Waals surface area contributed by atoms with Crippen LogP contribution in [0.3, 0.4) is 0 Å². The average molecular weight is 793 g/mol. The van der Waals surface area contributed by atoms with Crippen LogP contribution < -0.4 is 0 Å². The first-order chi connectivity index (χ1) is 27.2. The van der Waals surface area contributed by atoms with Gasteiger partial charge in [0, 0.05) is 19.3 Å². The molecule has 0 radical (unpaired) electrons. The van der Waals surface area contributed by atoms with Crippen LogP contribution in [0.2, 0.25) is 0 Å². The summed E-state index contributed by atoms with van der Waals surface area (Å²) in [5.41, 5.74) is 0. The molecule has 0 N–H and O–H groups in total. The number of hydrogen-bond acceptors (Lipinski definition) is 6. The Kier molecular flexibility index (Phi) is 41.8. The maximum atomic E-state index is 12.7. The van der Waals surface area contributed by atoms with Gasteiger partial charge >= 0.3 is 17.9 Å². The van der Waals surface area contributed by atoms with Gasteiger partial charge in [0.25, 0.3) is 0 Å². The number of unbranched alkanes of at least 4 members (excludes halogenated alkanes) is 29. The van der Waals surface area contributed by atoms with E-state index in [1.165, 1.54) is 161 Å². The highest BCUT2D eigenvalue weighted by Gasteiger charge is 2.19. The van der Waals surface area contributed by atoms with Crippen LogP contribution >= 0.6 is 0 Å². The lowest BCUT2D eigenvalue weighted by atomic mass is 10.0. The van der Waals surface area contributed by atoms with E-state index in [0.29, 0.717) is 19.3 Å². The molecule has 332 valence electrons. The van der Waals surface area contributed by atoms with Gasteiger partial charge in [0.05, 0.1) is 0 Å². The Balaban J connectivity index is 4.19. The first kappa shape index (κ1) is 54.4. The molecule has 1 atom stereocenters. The fraction of sp³-hybridized carbons (Fsp3) is 0.940. The second-order valence-electron chi connectivity index (χ2n) is 18.1. The van der Waals surface area contributed by atoms with Crippen molar-refractivity contribution >= 4 is 17.9 Å². The summed E-state index contributed by atoms with van der Waals surface area (Å²) >= 11 is 0. The molecule has 0 fully saturated rings. The van der Waals surface area contributed by atoms with Crippen molar-refractivity contribution in [1.82, 2.24) is 0 Å². The van der Waals surface area contributed by atoms with E-state index in [1.54, 1.807) is 0 Å². The minimum atomic E-state index is -0.760. The second-order valence-corrected chi connectivity index (χ2v) is 18.1. The highest BCUT2D eigenvalue weighted by molar-refractivity contribution is 5.71. The molecule has 0 bridgehead atoms. The molecule has 0 aliphatic heterocycles. The number of esters is 3. The van der Waals surface area contributed by atoms with Crippen LogP contribution in [-0.4, -0.2) is 37.2 Å². The topological polar surface area (TPSA) is 78.9 Å². The zero-order valence-electron chi connectivity index (χ0n) is 38.3. The quantitative estimate of drug-likeness (QED) is 0.0347. The molecule has 0 aliphatic carbocycles. The zero-order valence-corrected chi connectivity index (χ0v) is 38.3. The Bertz CT molecular complexity index is 854. The third kappa shape index (κ3) is 43.5. The van der Waals surface area contributed by atoms with Gasteiger partial charge in [-0.1, -0.05) is 234 Å². The minimum Gasteiger partial charge on any atom is -0.462 e. The molecule has 0 spiro atoms. The second kappa shape index (κ2) is 43.0. The summed E-state index contributed by atoms with van der Waals surface area (Å²) in [4.78, 5) is 37.7. The summed E-state index contributed by atoms with van der Waals surface area (Å²) in [6, 6.07) is 0. The Hall–Kier alpha value is -1.59. The third-order valence-corrected chi connectivity index (χ3v) is 11.2. The van der Waals surface area contributed by atoms with Crippen LogP contribution in [0.5, 0.6) is 0 Å². The molecule has 0 aromatic heterocycles. The summed E-state index contributed by atoms with van der Waals surface area (Å²) in [5, 5.41) is 0. The van der Waals surface area contributed by atoms with E-state index in [0.717, 1.165) is 69.6 Å². The SMILES string of the molecule is CCCCCCCCCCCC(=O)OC[C@@H](COC(=O)CCCCCCCCCCCCCCCCCCC(C)C)OC(=O)CCCCCCCCCC(C)C. The standard InChI is InChI=1S/C50H96O6/c1-6-7-8-9-10-19-25-30-35-40-48(51)54-43-47(56-50(53)42-37-32-27-22-24-29-34-39-46(4)5)44-55-49(52)41-36-31-26-21-18-16-14-12-11-13-15-17-20-23-28-33-38-45(2)3/h45-47H,6-44H2,1-5H3/t47-/m0/s1. The van der Waals surface area contributed by atoms with E-state index in [2.05, 4.69) is 34.6 Å². The molecule has 0 aliphatic rings. The maximum absolute atomic E-state index is 12.7. The first-order valence-electron chi connectivity index (χ1n) is 24.7. The number of carbonyl (C=O) groups is 3. The summed E-state index contributed by atoms with van der Waals surface area (Å²) < 4.78 is 16.7. The molecular weight excluding hydrogens is 697 g/mol. The number of carbonyl (C=O) groups excluding carboxylic acids is 3. The van der Waals surface area contributed by atoms with Crippen LogP contribution in [0.4, 0.5) is 0 Å². The van der Waals surface area contributed by atoms with Crippen molar-refractivity contribution in [2.75, 3.05) is 13.2 Å². The average Bonchev–Trinajstić information content (AvgIpc) is 3.16. The highest BCUT2D eigenvalue weighted by atomic mass is 16.6. The highest BCUT2D eigenvalue weighted by Crippen LogP contribution is 2.17. The van der Waals surface area contributed by atoms with E-state index in [1.807, 2.05) is 0 Å². The lowest BCUT2D eigenvalue weighted by molar-refractivity contribution is -0.167. The molecule has 0 heterocycles. The molecule has 0 saturated carbocycles. The Morgan fingerprint density at radius 3 is 0.875 bits per heavy atom. The van der Waals surface area contributed by atoms with Crippen LogP contribution in [0.1, 0.15) is 272 Å². The smallest absolute Gasteiger partial charge is 0.306 e. The van der Waals surface area contributed by atoms with E-state index in [4.69, 9.17) is 14.2 Å². The van der Waals surface area contributed by atoms with Crippen molar-refractivity contribution in [2.24, 2.45) is 11.8 Å². The van der Waals surface area contributed by atoms with Gasteiger partial charge < -0.3 is 14.2 Å². The molecule has 0 unspecified atom stereocenters. The fourth-order valence-corrected chi connectivity index (χ4v) is 7.46. The fourth-order valence-electron chi connectivity index (χ4n) is 7.46. The Morgan fingerprint density at radius 1 is 0.339 bits per heavy atom. The lowest BCUT2D eigenvalue weighted by Crippen LogP contribution is -2.30. The molecule has 6 nitrogen and oxygen atoms in total. The van der Waals surface area contributed by atoms with Gasteiger partial charge in [0.2, 0.25) is 0 Å². The predicted molar refractivity (Wildman–Crippen MR) is 238 cm³/mol. The largest absolute Gasteiger partial charge is 0.462 e. The van der Waals surface area contributed by atoms with Crippen LogP contribution in [0.15, 0.2) is 0 Å². The van der Waals surface area contributed by atoms with Crippen LogP contribution in [0, 0.1) is 11.8 Å². The van der Waals surface area contributed by atoms with E-state index in [9.17, 15) is 14.4 Å². The van der Waals surface area contributed by atoms with Crippen molar-refractivity contribution in [3.8, 4) is 0 Å². The van der Waals surface area contributed by atoms with Gasteiger partial charge in [-0.3, -0.25) is 14.4 Å². The Morgan fingerprint density at radius 2 is 0.589 bits per heavy atom. The van der Waals surface area contributed by atoms with Crippen LogP contribution in [0.25, 0.3) is 0 Å². The molecule has 0 saturated heterocycles. The van der Waals surface area contributed by atoms with Crippen molar-refractivity contribution in [1.29, 1.82) is 0 Å². The molecular formula is C50H96O6. The molecule has 56 heavy (non-hydrogen) atoms. The lowest BCUT2D eigenvalue weighted by Gasteiger charge is -2.18. The molecule has 6 heteroatoms. The van der Waals surface area contributed by atoms with Gasteiger partial charge in [-0.2, -0.15) is 0 Å². The summed E-state index contributed by atoms with van der Waals surface area (Å²) in [7, 11) is 0. The summed E-state index contributed by atoms with van der Waals surface area (Å²) in [5.74, 6) is 0.774. The number of hydrogen-bond donors (Lipinski definition) is 0. The van der Waals surface area contributed by atoms with Crippen LogP contribution in [-0.2, 0) is 28.6 Å². The minimum absolute atomic E-state index is 0.0648. The number of ether oxygens (including phenoxy) is 3. The Labute approximate surface area is 348 Å². The van der Waals surface area contributed by atoms with Gasteiger partial charge in [0.1, 0.15) is 13.2 Å². The molecule has 0 aromatic carbocycles. The number of rotatable bonds is 44. The van der Waals surface area contributed by atoms with Gasteiger partial charge in [-0.25, -0.2) is 0 Å². The monoisotopic (exact) mass is 793 g/mol. The summed E-state index contributed by atoms with van der Waals surface area (Å²) in [6.45, 7) is 11.3. The van der Waals surface area contributed by atoms with E-state index >= 15 is 0 Å². The van der Waals surface area contributed by atoms with Gasteiger partial charge in [-0.05, 0) is 31.1 Å². The van der Waals surface area contributed by atoms with Gasteiger partial charge in [0.15, 0.2) is 6.10 Å². The van der Waals surface area contributed by atoms with Crippen molar-refractivity contribution in [3.63, 3.8) is 0 Å². The van der Waals surface area contributed by atoms with Crippen molar-refractivity contribution in [3.05, 3.63) is 0 Å². The molecule has 0 rings (SSSR count). The summed E-state index contributed by atoms with van der Waals surface area (Å²) in [6.07, 6.45) is 42.5. The first-order valence-corrected chi connectivity index (χ1v) is 24.7. The van der Waals surface area contributed by atoms with Gasteiger partial charge in [-0.15, -0.1) is 0 Å². The molecule has 0 amide bonds. The zero-order chi connectivity index (χ0) is 41.2. The third-order valence-electron chi connectivity index (χ3n) is 11.2. The van der Waals surface area contributed by atoms with Crippen molar-refractivity contribution in [2.45, 2.75) is 278 Å². The van der Waals surface area contributed by atoms with Crippen molar-refractivity contribution < 1.29 is 28.6 Å². The molecule has 0 aromatic rings. The normalized spacial score (nSPS) is 12.1. The maximum Gasteiger partial charge on any atom is 0.306 e.